The van der Waals surface area contributed by atoms with Crippen LogP contribution in [0.4, 0.5) is 15.8 Å². The highest BCUT2D eigenvalue weighted by Gasteiger charge is 2.16. The molecule has 108 valence electrons. The maximum absolute atomic E-state index is 14.1. The molecule has 1 aromatic carbocycles. The lowest BCUT2D eigenvalue weighted by molar-refractivity contribution is 0.599. The molecule has 0 bridgehead atoms. The lowest BCUT2D eigenvalue weighted by Crippen LogP contribution is -2.26. The van der Waals surface area contributed by atoms with Crippen molar-refractivity contribution in [2.75, 3.05) is 36.2 Å². The van der Waals surface area contributed by atoms with Gasteiger partial charge in [0.25, 0.3) is 0 Å². The smallest absolute Gasteiger partial charge is 0.150 e. The summed E-state index contributed by atoms with van der Waals surface area (Å²) in [5.74, 6) is -0.563. The highest BCUT2D eigenvalue weighted by molar-refractivity contribution is 7.90. The molecule has 0 aliphatic heterocycles. The SMILES string of the molecule is CN(CCS(C)(=O)=O)c1c(F)cc(N)c2cccnc12. The Balaban J connectivity index is 2.48. The number of hydrogen-bond acceptors (Lipinski definition) is 5. The maximum atomic E-state index is 14.1. The molecule has 2 aromatic rings. The van der Waals surface area contributed by atoms with Gasteiger partial charge in [0, 0.05) is 37.1 Å². The minimum Gasteiger partial charge on any atom is -0.398 e. The van der Waals surface area contributed by atoms with E-state index in [1.807, 2.05) is 0 Å². The molecule has 0 saturated heterocycles. The van der Waals surface area contributed by atoms with Crippen LogP contribution in [0.3, 0.4) is 0 Å². The average molecular weight is 297 g/mol. The van der Waals surface area contributed by atoms with Crippen LogP contribution in [0.2, 0.25) is 0 Å². The van der Waals surface area contributed by atoms with E-state index in [-0.39, 0.29) is 18.0 Å². The molecular weight excluding hydrogens is 281 g/mol. The molecule has 7 heteroatoms. The van der Waals surface area contributed by atoms with Gasteiger partial charge in [-0.05, 0) is 18.2 Å². The van der Waals surface area contributed by atoms with Gasteiger partial charge in [-0.2, -0.15) is 0 Å². The van der Waals surface area contributed by atoms with Crippen molar-refractivity contribution in [3.63, 3.8) is 0 Å². The second-order valence-corrected chi connectivity index (χ2v) is 7.01. The van der Waals surface area contributed by atoms with Crippen molar-refractivity contribution in [2.45, 2.75) is 0 Å². The predicted molar refractivity (Wildman–Crippen MR) is 79.1 cm³/mol. The largest absolute Gasteiger partial charge is 0.398 e. The van der Waals surface area contributed by atoms with Crippen molar-refractivity contribution < 1.29 is 12.8 Å². The zero-order valence-electron chi connectivity index (χ0n) is 11.3. The highest BCUT2D eigenvalue weighted by Crippen LogP contribution is 2.31. The summed E-state index contributed by atoms with van der Waals surface area (Å²) in [7, 11) is -1.48. The summed E-state index contributed by atoms with van der Waals surface area (Å²) >= 11 is 0. The number of nitrogens with zero attached hydrogens (tertiary/aromatic N) is 2. The van der Waals surface area contributed by atoms with Crippen LogP contribution >= 0.6 is 0 Å². The summed E-state index contributed by atoms with van der Waals surface area (Å²) in [5.41, 5.74) is 6.78. The number of anilines is 2. The third-order valence-electron chi connectivity index (χ3n) is 3.03. The zero-order chi connectivity index (χ0) is 14.9. The molecule has 5 nitrogen and oxygen atoms in total. The summed E-state index contributed by atoms with van der Waals surface area (Å²) in [5, 5.41) is 0.648. The van der Waals surface area contributed by atoms with E-state index in [1.54, 1.807) is 30.3 Å². The Bertz CT molecular complexity index is 747. The number of rotatable bonds is 4. The second kappa shape index (κ2) is 5.24. The molecule has 0 saturated carbocycles. The van der Waals surface area contributed by atoms with E-state index in [1.165, 1.54) is 6.07 Å². The van der Waals surface area contributed by atoms with Crippen molar-refractivity contribution in [3.8, 4) is 0 Å². The molecule has 20 heavy (non-hydrogen) atoms. The predicted octanol–water partition coefficient (Wildman–Crippen LogP) is 1.44. The Kier molecular flexibility index (Phi) is 3.80. The Morgan fingerprint density at radius 2 is 2.15 bits per heavy atom. The van der Waals surface area contributed by atoms with Gasteiger partial charge in [-0.3, -0.25) is 4.98 Å². The highest BCUT2D eigenvalue weighted by atomic mass is 32.2. The first-order valence-corrected chi connectivity index (χ1v) is 8.07. The van der Waals surface area contributed by atoms with Crippen LogP contribution < -0.4 is 10.6 Å². The average Bonchev–Trinajstić information content (AvgIpc) is 2.35. The van der Waals surface area contributed by atoms with E-state index in [2.05, 4.69) is 4.98 Å². The molecule has 0 amide bonds. The molecule has 0 spiro atoms. The summed E-state index contributed by atoms with van der Waals surface area (Å²) in [6.07, 6.45) is 2.70. The number of fused-ring (bicyclic) bond motifs is 1. The fraction of sp³-hybridized carbons (Fsp3) is 0.308. The van der Waals surface area contributed by atoms with Crippen molar-refractivity contribution in [1.82, 2.24) is 4.98 Å². The van der Waals surface area contributed by atoms with Crippen molar-refractivity contribution in [2.24, 2.45) is 0 Å². The summed E-state index contributed by atoms with van der Waals surface area (Å²) < 4.78 is 36.6. The van der Waals surface area contributed by atoms with Gasteiger partial charge in [0.2, 0.25) is 0 Å². The topological polar surface area (TPSA) is 76.3 Å². The van der Waals surface area contributed by atoms with Crippen molar-refractivity contribution in [1.29, 1.82) is 0 Å². The normalized spacial score (nSPS) is 11.8. The Labute approximate surface area is 117 Å². The number of pyridine rings is 1. The monoisotopic (exact) mass is 297 g/mol. The molecule has 2 rings (SSSR count). The van der Waals surface area contributed by atoms with Gasteiger partial charge in [-0.1, -0.05) is 0 Å². The number of hydrogen-bond donors (Lipinski definition) is 1. The third kappa shape index (κ3) is 2.98. The van der Waals surface area contributed by atoms with Gasteiger partial charge in [-0.25, -0.2) is 12.8 Å². The fourth-order valence-electron chi connectivity index (χ4n) is 2.00. The van der Waals surface area contributed by atoms with Crippen molar-refractivity contribution >= 4 is 32.1 Å². The second-order valence-electron chi connectivity index (χ2n) is 4.75. The van der Waals surface area contributed by atoms with Crippen LogP contribution in [-0.4, -0.2) is 39.0 Å². The van der Waals surface area contributed by atoms with Gasteiger partial charge in [0.05, 0.1) is 17.0 Å². The number of aromatic nitrogens is 1. The minimum atomic E-state index is -3.11. The quantitative estimate of drug-likeness (QED) is 0.864. The van der Waals surface area contributed by atoms with E-state index >= 15 is 0 Å². The van der Waals surface area contributed by atoms with Gasteiger partial charge in [-0.15, -0.1) is 0 Å². The van der Waals surface area contributed by atoms with Crippen LogP contribution in [0, 0.1) is 5.82 Å². The fourth-order valence-corrected chi connectivity index (χ4v) is 2.61. The molecule has 1 heterocycles. The van der Waals surface area contributed by atoms with Crippen LogP contribution in [-0.2, 0) is 9.84 Å². The van der Waals surface area contributed by atoms with Crippen LogP contribution in [0.1, 0.15) is 0 Å². The maximum Gasteiger partial charge on any atom is 0.150 e. The Hall–Kier alpha value is -1.89. The molecule has 0 aliphatic rings. The van der Waals surface area contributed by atoms with Gasteiger partial charge in [0.15, 0.2) is 5.82 Å². The number of nitrogens with two attached hydrogens (primary N) is 1. The number of halogens is 1. The Morgan fingerprint density at radius 1 is 1.45 bits per heavy atom. The number of benzene rings is 1. The van der Waals surface area contributed by atoms with Crippen LogP contribution in [0.25, 0.3) is 10.9 Å². The minimum absolute atomic E-state index is 0.0539. The van der Waals surface area contributed by atoms with E-state index in [0.717, 1.165) is 6.26 Å². The summed E-state index contributed by atoms with van der Waals surface area (Å²) in [6.45, 7) is 0.186. The van der Waals surface area contributed by atoms with E-state index in [0.29, 0.717) is 16.6 Å². The molecule has 0 atom stereocenters. The zero-order valence-corrected chi connectivity index (χ0v) is 12.1. The molecule has 2 N–H and O–H groups in total. The molecule has 0 radical (unpaired) electrons. The molecule has 0 fully saturated rings. The first kappa shape index (κ1) is 14.5. The molecule has 0 aliphatic carbocycles. The summed E-state index contributed by atoms with van der Waals surface area (Å²) in [4.78, 5) is 5.70. The van der Waals surface area contributed by atoms with Crippen LogP contribution in [0.15, 0.2) is 24.4 Å². The molecular formula is C13H16FN3O2S. The van der Waals surface area contributed by atoms with E-state index in [9.17, 15) is 12.8 Å². The third-order valence-corrected chi connectivity index (χ3v) is 3.95. The first-order chi connectivity index (χ1) is 9.29. The lowest BCUT2D eigenvalue weighted by Gasteiger charge is -2.21. The van der Waals surface area contributed by atoms with E-state index in [4.69, 9.17) is 5.73 Å². The van der Waals surface area contributed by atoms with Gasteiger partial charge >= 0.3 is 0 Å². The van der Waals surface area contributed by atoms with E-state index < -0.39 is 15.7 Å². The lowest BCUT2D eigenvalue weighted by atomic mass is 10.1. The number of sulfone groups is 1. The molecule has 0 unspecified atom stereocenters. The van der Waals surface area contributed by atoms with Crippen molar-refractivity contribution in [3.05, 3.63) is 30.2 Å². The first-order valence-electron chi connectivity index (χ1n) is 6.01. The number of nitrogen functional groups attached to an aromatic ring is 1. The standard InChI is InChI=1S/C13H16FN3O2S/c1-17(6-7-20(2,18)19)13-10(14)8-11(15)9-4-3-5-16-12(9)13/h3-5,8H,6-7,15H2,1-2H3. The summed E-state index contributed by atoms with van der Waals surface area (Å²) in [6, 6.07) is 4.71. The van der Waals surface area contributed by atoms with Gasteiger partial charge in [0.1, 0.15) is 9.84 Å². The van der Waals surface area contributed by atoms with Crippen LogP contribution in [0.5, 0.6) is 0 Å². The molecule has 1 aromatic heterocycles. The Morgan fingerprint density at radius 3 is 2.80 bits per heavy atom. The van der Waals surface area contributed by atoms with Gasteiger partial charge < -0.3 is 10.6 Å².